The number of methoxy groups -OCH3 is 1. The van der Waals surface area contributed by atoms with E-state index in [0.29, 0.717) is 26.2 Å². The average Bonchev–Trinajstić information content (AvgIpc) is 2.16. The maximum atomic E-state index is 10.7. The van der Waals surface area contributed by atoms with Crippen LogP contribution in [0.4, 0.5) is 0 Å². The smallest absolute Gasteiger partial charge is 0.320 e. The van der Waals surface area contributed by atoms with E-state index in [-0.39, 0.29) is 6.10 Å². The fourth-order valence-electron chi connectivity index (χ4n) is 1.23. The summed E-state index contributed by atoms with van der Waals surface area (Å²) in [7, 11) is 1.61. The monoisotopic (exact) mass is 219 g/mol. The Morgan fingerprint density at radius 1 is 1.53 bits per heavy atom. The molecule has 5 heteroatoms. The lowest BCUT2D eigenvalue weighted by Crippen LogP contribution is -2.37. The quantitative estimate of drug-likeness (QED) is 0.590. The summed E-state index contributed by atoms with van der Waals surface area (Å²) in [6.45, 7) is 5.37. The Labute approximate surface area is 90.8 Å². The number of ether oxygens (including phenoxy) is 2. The Morgan fingerprint density at radius 3 is 2.67 bits per heavy atom. The van der Waals surface area contributed by atoms with Gasteiger partial charge in [0.2, 0.25) is 0 Å². The number of hydrogen-bond acceptors (Lipinski definition) is 4. The van der Waals surface area contributed by atoms with Gasteiger partial charge >= 0.3 is 5.97 Å². The highest BCUT2D eigenvalue weighted by Crippen LogP contribution is 1.97. The van der Waals surface area contributed by atoms with E-state index >= 15 is 0 Å². The third-order valence-electron chi connectivity index (χ3n) is 1.96. The van der Waals surface area contributed by atoms with Gasteiger partial charge in [-0.1, -0.05) is 6.92 Å². The lowest BCUT2D eigenvalue weighted by Gasteiger charge is -2.15. The Balaban J connectivity index is 3.65. The van der Waals surface area contributed by atoms with E-state index in [1.807, 2.05) is 13.8 Å². The van der Waals surface area contributed by atoms with Crippen LogP contribution >= 0.6 is 0 Å². The number of aliphatic carboxylic acids is 1. The molecule has 0 spiro atoms. The molecule has 5 nitrogen and oxygen atoms in total. The zero-order valence-electron chi connectivity index (χ0n) is 9.66. The number of nitrogens with one attached hydrogen (secondary N) is 1. The van der Waals surface area contributed by atoms with Crippen molar-refractivity contribution in [2.75, 3.05) is 26.9 Å². The molecule has 2 atom stereocenters. The molecule has 90 valence electrons. The Bertz CT molecular complexity index is 175. The Hall–Kier alpha value is -0.650. The molecule has 0 aliphatic heterocycles. The molecular formula is C10H21NO4. The van der Waals surface area contributed by atoms with Crippen molar-refractivity contribution >= 4 is 5.97 Å². The second kappa shape index (κ2) is 8.64. The van der Waals surface area contributed by atoms with E-state index in [1.165, 1.54) is 0 Å². The van der Waals surface area contributed by atoms with Crippen molar-refractivity contribution in [3.05, 3.63) is 0 Å². The Morgan fingerprint density at radius 2 is 2.20 bits per heavy atom. The highest BCUT2D eigenvalue weighted by atomic mass is 16.5. The maximum Gasteiger partial charge on any atom is 0.320 e. The summed E-state index contributed by atoms with van der Waals surface area (Å²) < 4.78 is 10.3. The summed E-state index contributed by atoms with van der Waals surface area (Å²) in [6, 6.07) is -0.523. The first-order valence-electron chi connectivity index (χ1n) is 5.18. The summed E-state index contributed by atoms with van der Waals surface area (Å²) in [5.41, 5.74) is 0. The van der Waals surface area contributed by atoms with Crippen LogP contribution in [0.3, 0.4) is 0 Å². The standard InChI is InChI=1S/C10H21NO4/c1-4-11-9(10(12)13)5-6-15-8(2)7-14-3/h8-9,11H,4-7H2,1-3H3,(H,12,13). The molecule has 0 fully saturated rings. The van der Waals surface area contributed by atoms with Gasteiger partial charge in [-0.2, -0.15) is 0 Å². The lowest BCUT2D eigenvalue weighted by atomic mass is 10.2. The molecule has 0 heterocycles. The fraction of sp³-hybridized carbons (Fsp3) is 0.900. The number of carbonyl (C=O) groups is 1. The molecule has 0 aromatic heterocycles. The predicted octanol–water partition coefficient (Wildman–Crippen LogP) is 0.491. The van der Waals surface area contributed by atoms with Crippen molar-refractivity contribution in [1.82, 2.24) is 5.32 Å². The van der Waals surface area contributed by atoms with Gasteiger partial charge in [0.05, 0.1) is 12.7 Å². The van der Waals surface area contributed by atoms with Crippen LogP contribution in [-0.4, -0.2) is 50.1 Å². The maximum absolute atomic E-state index is 10.7. The van der Waals surface area contributed by atoms with Gasteiger partial charge in [0.15, 0.2) is 0 Å². The largest absolute Gasteiger partial charge is 0.480 e. The van der Waals surface area contributed by atoms with Gasteiger partial charge < -0.3 is 19.9 Å². The molecule has 0 amide bonds. The summed E-state index contributed by atoms with van der Waals surface area (Å²) in [6.07, 6.45) is 0.475. The van der Waals surface area contributed by atoms with Crippen molar-refractivity contribution in [3.8, 4) is 0 Å². The minimum Gasteiger partial charge on any atom is -0.480 e. The average molecular weight is 219 g/mol. The molecule has 0 radical (unpaired) electrons. The van der Waals surface area contributed by atoms with Crippen LogP contribution in [-0.2, 0) is 14.3 Å². The molecular weight excluding hydrogens is 198 g/mol. The van der Waals surface area contributed by atoms with Gasteiger partial charge in [0.1, 0.15) is 6.04 Å². The Kier molecular flexibility index (Phi) is 8.27. The first-order chi connectivity index (χ1) is 7.11. The van der Waals surface area contributed by atoms with E-state index in [1.54, 1.807) is 7.11 Å². The van der Waals surface area contributed by atoms with E-state index in [4.69, 9.17) is 14.6 Å². The zero-order valence-corrected chi connectivity index (χ0v) is 9.66. The van der Waals surface area contributed by atoms with Crippen LogP contribution in [0.15, 0.2) is 0 Å². The molecule has 2 unspecified atom stereocenters. The fourth-order valence-corrected chi connectivity index (χ4v) is 1.23. The van der Waals surface area contributed by atoms with Gasteiger partial charge in [0.25, 0.3) is 0 Å². The van der Waals surface area contributed by atoms with E-state index in [2.05, 4.69) is 5.32 Å². The van der Waals surface area contributed by atoms with Gasteiger partial charge in [-0.05, 0) is 19.9 Å². The number of hydrogen-bond donors (Lipinski definition) is 2. The number of likely N-dealkylation sites (N-methyl/N-ethyl adjacent to an activating group) is 1. The van der Waals surface area contributed by atoms with Crippen molar-refractivity contribution in [2.45, 2.75) is 32.4 Å². The molecule has 2 N–H and O–H groups in total. The molecule has 0 aliphatic rings. The molecule has 0 saturated carbocycles. The van der Waals surface area contributed by atoms with Gasteiger partial charge in [0, 0.05) is 13.7 Å². The molecule has 0 aromatic carbocycles. The summed E-state index contributed by atoms with van der Waals surface area (Å²) in [4.78, 5) is 10.7. The molecule has 0 aromatic rings. The number of rotatable bonds is 9. The SMILES string of the molecule is CCNC(CCOC(C)COC)C(=O)O. The topological polar surface area (TPSA) is 67.8 Å². The van der Waals surface area contributed by atoms with E-state index in [9.17, 15) is 4.79 Å². The third kappa shape index (κ3) is 7.30. The summed E-state index contributed by atoms with van der Waals surface area (Å²) in [5, 5.41) is 11.7. The first-order valence-corrected chi connectivity index (χ1v) is 5.18. The molecule has 15 heavy (non-hydrogen) atoms. The predicted molar refractivity (Wildman–Crippen MR) is 57.0 cm³/mol. The normalized spacial score (nSPS) is 14.9. The number of carboxylic acids is 1. The van der Waals surface area contributed by atoms with Crippen LogP contribution in [0.25, 0.3) is 0 Å². The van der Waals surface area contributed by atoms with E-state index < -0.39 is 12.0 Å². The van der Waals surface area contributed by atoms with Crippen molar-refractivity contribution < 1.29 is 19.4 Å². The van der Waals surface area contributed by atoms with Gasteiger partial charge in [-0.3, -0.25) is 4.79 Å². The van der Waals surface area contributed by atoms with Crippen molar-refractivity contribution in [1.29, 1.82) is 0 Å². The summed E-state index contributed by atoms with van der Waals surface area (Å²) in [5.74, 6) is -0.833. The van der Waals surface area contributed by atoms with Gasteiger partial charge in [-0.15, -0.1) is 0 Å². The van der Waals surface area contributed by atoms with Crippen LogP contribution in [0.5, 0.6) is 0 Å². The van der Waals surface area contributed by atoms with Gasteiger partial charge in [-0.25, -0.2) is 0 Å². The third-order valence-corrected chi connectivity index (χ3v) is 1.96. The van der Waals surface area contributed by atoms with Crippen LogP contribution < -0.4 is 5.32 Å². The molecule has 0 aliphatic carbocycles. The van der Waals surface area contributed by atoms with Crippen LogP contribution in [0, 0.1) is 0 Å². The molecule has 0 rings (SSSR count). The van der Waals surface area contributed by atoms with Crippen molar-refractivity contribution in [2.24, 2.45) is 0 Å². The number of carboxylic acid groups (broad SMARTS) is 1. The van der Waals surface area contributed by atoms with Crippen LogP contribution in [0.2, 0.25) is 0 Å². The minimum absolute atomic E-state index is 0.00562. The van der Waals surface area contributed by atoms with Crippen molar-refractivity contribution in [3.63, 3.8) is 0 Å². The second-order valence-electron chi connectivity index (χ2n) is 3.37. The molecule has 0 bridgehead atoms. The van der Waals surface area contributed by atoms with Crippen LogP contribution in [0.1, 0.15) is 20.3 Å². The minimum atomic E-state index is -0.833. The lowest BCUT2D eigenvalue weighted by molar-refractivity contribution is -0.140. The molecule has 0 saturated heterocycles. The first kappa shape index (κ1) is 14.3. The summed E-state index contributed by atoms with van der Waals surface area (Å²) >= 11 is 0. The zero-order chi connectivity index (χ0) is 11.7. The highest BCUT2D eigenvalue weighted by molar-refractivity contribution is 5.73. The second-order valence-corrected chi connectivity index (χ2v) is 3.37. The van der Waals surface area contributed by atoms with E-state index in [0.717, 1.165) is 0 Å². The highest BCUT2D eigenvalue weighted by Gasteiger charge is 2.15.